The van der Waals surface area contributed by atoms with Crippen LogP contribution in [-0.4, -0.2) is 32.5 Å². The van der Waals surface area contributed by atoms with Gasteiger partial charge in [0.05, 0.1) is 0 Å². The molecule has 2 rings (SSSR count). The molecule has 5 nitrogen and oxygen atoms in total. The molecular formula is C18H20N2O3. The highest BCUT2D eigenvalue weighted by Gasteiger charge is 2.10. The number of anilines is 1. The number of hydrogen-bond donors (Lipinski definition) is 1. The number of amides is 1. The number of carbonyl (C=O) groups excluding carboxylic acids is 2. The van der Waals surface area contributed by atoms with E-state index in [-0.39, 0.29) is 12.5 Å². The molecule has 0 heterocycles. The van der Waals surface area contributed by atoms with E-state index < -0.39 is 5.97 Å². The summed E-state index contributed by atoms with van der Waals surface area (Å²) in [4.78, 5) is 25.8. The molecule has 0 bridgehead atoms. The van der Waals surface area contributed by atoms with Gasteiger partial charge in [-0.3, -0.25) is 4.79 Å². The van der Waals surface area contributed by atoms with Gasteiger partial charge in [0.15, 0.2) is 0 Å². The molecule has 0 aliphatic rings. The second-order valence-electron chi connectivity index (χ2n) is 5.42. The van der Waals surface area contributed by atoms with Gasteiger partial charge in [-0.2, -0.15) is 0 Å². The second kappa shape index (κ2) is 7.45. The van der Waals surface area contributed by atoms with Crippen LogP contribution in [0.1, 0.15) is 15.9 Å². The SMILES string of the molecule is Cc1cccc(OC(=O)CNC(=O)c2cccc(N(C)C)c2)c1. The van der Waals surface area contributed by atoms with Crippen LogP contribution in [0.2, 0.25) is 0 Å². The molecule has 120 valence electrons. The third-order valence-electron chi connectivity index (χ3n) is 3.24. The molecule has 2 aromatic rings. The van der Waals surface area contributed by atoms with Crippen LogP contribution in [0.4, 0.5) is 5.69 Å². The van der Waals surface area contributed by atoms with E-state index in [2.05, 4.69) is 5.32 Å². The molecule has 1 amide bonds. The Balaban J connectivity index is 1.91. The van der Waals surface area contributed by atoms with Gasteiger partial charge in [0.2, 0.25) is 0 Å². The maximum atomic E-state index is 12.1. The molecule has 0 atom stereocenters. The zero-order valence-electron chi connectivity index (χ0n) is 13.5. The minimum absolute atomic E-state index is 0.182. The van der Waals surface area contributed by atoms with Gasteiger partial charge in [-0.1, -0.05) is 18.2 Å². The molecule has 23 heavy (non-hydrogen) atoms. The summed E-state index contributed by atoms with van der Waals surface area (Å²) in [6.07, 6.45) is 0. The number of hydrogen-bond acceptors (Lipinski definition) is 4. The Bertz CT molecular complexity index is 711. The summed E-state index contributed by atoms with van der Waals surface area (Å²) in [7, 11) is 3.80. The molecule has 0 saturated heterocycles. The molecule has 0 spiro atoms. The molecular weight excluding hydrogens is 292 g/mol. The standard InChI is InChI=1S/C18H20N2O3/c1-13-6-4-9-16(10-13)23-17(21)12-19-18(22)14-7-5-8-15(11-14)20(2)3/h4-11H,12H2,1-3H3,(H,19,22). The largest absolute Gasteiger partial charge is 0.425 e. The molecule has 0 fully saturated rings. The van der Waals surface area contributed by atoms with Gasteiger partial charge in [-0.05, 0) is 42.8 Å². The van der Waals surface area contributed by atoms with Crippen molar-refractivity contribution in [3.63, 3.8) is 0 Å². The van der Waals surface area contributed by atoms with Crippen LogP contribution in [0.3, 0.4) is 0 Å². The number of aryl methyl sites for hydroxylation is 1. The fourth-order valence-corrected chi connectivity index (χ4v) is 2.03. The molecule has 0 aliphatic heterocycles. The summed E-state index contributed by atoms with van der Waals surface area (Å²) < 4.78 is 5.18. The molecule has 2 aromatic carbocycles. The monoisotopic (exact) mass is 312 g/mol. The first-order chi connectivity index (χ1) is 11.0. The molecule has 0 saturated carbocycles. The quantitative estimate of drug-likeness (QED) is 0.680. The second-order valence-corrected chi connectivity index (χ2v) is 5.42. The summed E-state index contributed by atoms with van der Waals surface area (Å²) in [5.74, 6) is -0.346. The third kappa shape index (κ3) is 4.85. The highest BCUT2D eigenvalue weighted by Crippen LogP contribution is 2.14. The van der Waals surface area contributed by atoms with Crippen molar-refractivity contribution in [3.8, 4) is 5.75 Å². The number of carbonyl (C=O) groups is 2. The minimum Gasteiger partial charge on any atom is -0.425 e. The predicted octanol–water partition coefficient (Wildman–Crippen LogP) is 2.40. The van der Waals surface area contributed by atoms with Gasteiger partial charge in [0.25, 0.3) is 5.91 Å². The Morgan fingerprint density at radius 2 is 1.83 bits per heavy atom. The van der Waals surface area contributed by atoms with Gasteiger partial charge in [-0.15, -0.1) is 0 Å². The molecule has 0 radical (unpaired) electrons. The summed E-state index contributed by atoms with van der Waals surface area (Å²) in [6.45, 7) is 1.73. The lowest BCUT2D eigenvalue weighted by molar-refractivity contribution is -0.133. The maximum absolute atomic E-state index is 12.1. The lowest BCUT2D eigenvalue weighted by Gasteiger charge is -2.13. The first-order valence-corrected chi connectivity index (χ1v) is 7.28. The number of rotatable bonds is 5. The minimum atomic E-state index is -0.507. The smallest absolute Gasteiger partial charge is 0.330 e. The van der Waals surface area contributed by atoms with Crippen LogP contribution in [0.15, 0.2) is 48.5 Å². The zero-order valence-corrected chi connectivity index (χ0v) is 13.5. The lowest BCUT2D eigenvalue weighted by atomic mass is 10.2. The lowest BCUT2D eigenvalue weighted by Crippen LogP contribution is -2.32. The number of nitrogens with zero attached hydrogens (tertiary/aromatic N) is 1. The van der Waals surface area contributed by atoms with Crippen LogP contribution >= 0.6 is 0 Å². The molecule has 0 aliphatic carbocycles. The Morgan fingerprint density at radius 3 is 2.52 bits per heavy atom. The highest BCUT2D eigenvalue weighted by molar-refractivity contribution is 5.96. The van der Waals surface area contributed by atoms with Crippen molar-refractivity contribution < 1.29 is 14.3 Å². The molecule has 0 unspecified atom stereocenters. The fraction of sp³-hybridized carbons (Fsp3) is 0.222. The van der Waals surface area contributed by atoms with Gasteiger partial charge < -0.3 is 15.0 Å². The zero-order chi connectivity index (χ0) is 16.8. The Labute approximate surface area is 135 Å². The third-order valence-corrected chi connectivity index (χ3v) is 3.24. The van der Waals surface area contributed by atoms with Gasteiger partial charge in [-0.25, -0.2) is 4.79 Å². The van der Waals surface area contributed by atoms with E-state index in [4.69, 9.17) is 4.74 Å². The van der Waals surface area contributed by atoms with Crippen LogP contribution in [-0.2, 0) is 4.79 Å². The van der Waals surface area contributed by atoms with Crippen molar-refractivity contribution in [1.29, 1.82) is 0 Å². The molecule has 0 aromatic heterocycles. The number of ether oxygens (including phenoxy) is 1. The molecule has 5 heteroatoms. The van der Waals surface area contributed by atoms with Crippen LogP contribution in [0, 0.1) is 6.92 Å². The van der Waals surface area contributed by atoms with E-state index in [1.54, 1.807) is 30.3 Å². The van der Waals surface area contributed by atoms with Crippen LogP contribution in [0.5, 0.6) is 5.75 Å². The van der Waals surface area contributed by atoms with Gasteiger partial charge in [0.1, 0.15) is 12.3 Å². The fourth-order valence-electron chi connectivity index (χ4n) is 2.03. The van der Waals surface area contributed by atoms with Crippen molar-refractivity contribution in [2.24, 2.45) is 0 Å². The summed E-state index contributed by atoms with van der Waals surface area (Å²) in [5.41, 5.74) is 2.42. The predicted molar refractivity (Wildman–Crippen MR) is 89.9 cm³/mol. The van der Waals surface area contributed by atoms with E-state index in [1.807, 2.05) is 44.1 Å². The van der Waals surface area contributed by atoms with Gasteiger partial charge >= 0.3 is 5.97 Å². The Kier molecular flexibility index (Phi) is 5.36. The molecule has 1 N–H and O–H groups in total. The summed E-state index contributed by atoms with van der Waals surface area (Å²) in [5, 5.41) is 2.57. The van der Waals surface area contributed by atoms with E-state index in [1.165, 1.54) is 0 Å². The highest BCUT2D eigenvalue weighted by atomic mass is 16.5. The van der Waals surface area contributed by atoms with E-state index >= 15 is 0 Å². The Morgan fingerprint density at radius 1 is 1.09 bits per heavy atom. The van der Waals surface area contributed by atoms with Crippen molar-refractivity contribution in [1.82, 2.24) is 5.32 Å². The summed E-state index contributed by atoms with van der Waals surface area (Å²) in [6, 6.07) is 14.4. The van der Waals surface area contributed by atoms with Crippen molar-refractivity contribution in [3.05, 3.63) is 59.7 Å². The topological polar surface area (TPSA) is 58.6 Å². The Hall–Kier alpha value is -2.82. The first kappa shape index (κ1) is 16.5. The van der Waals surface area contributed by atoms with E-state index in [9.17, 15) is 9.59 Å². The van der Waals surface area contributed by atoms with Crippen molar-refractivity contribution in [2.45, 2.75) is 6.92 Å². The average molecular weight is 312 g/mol. The number of benzene rings is 2. The average Bonchev–Trinajstić information content (AvgIpc) is 2.52. The van der Waals surface area contributed by atoms with E-state index in [0.29, 0.717) is 11.3 Å². The van der Waals surface area contributed by atoms with Gasteiger partial charge in [0, 0.05) is 25.3 Å². The maximum Gasteiger partial charge on any atom is 0.330 e. The van der Waals surface area contributed by atoms with Crippen molar-refractivity contribution >= 4 is 17.6 Å². The van der Waals surface area contributed by atoms with Crippen LogP contribution in [0.25, 0.3) is 0 Å². The van der Waals surface area contributed by atoms with Crippen molar-refractivity contribution in [2.75, 3.05) is 25.5 Å². The first-order valence-electron chi connectivity index (χ1n) is 7.28. The van der Waals surface area contributed by atoms with E-state index in [0.717, 1.165) is 11.3 Å². The number of nitrogens with one attached hydrogen (secondary N) is 1. The number of esters is 1. The normalized spacial score (nSPS) is 10.0. The summed E-state index contributed by atoms with van der Waals surface area (Å²) >= 11 is 0. The van der Waals surface area contributed by atoms with Crippen LogP contribution < -0.4 is 15.0 Å².